The number of nitrogens with zero attached hydrogens (tertiary/aromatic N) is 2. The third-order valence-electron chi connectivity index (χ3n) is 3.18. The van der Waals surface area contributed by atoms with Gasteiger partial charge in [0.1, 0.15) is 0 Å². The highest BCUT2D eigenvalue weighted by Gasteiger charge is 2.15. The Morgan fingerprint density at radius 2 is 2.30 bits per heavy atom. The number of carbonyl (C=O) groups excluding carboxylic acids is 1. The fourth-order valence-corrected chi connectivity index (χ4v) is 2.70. The van der Waals surface area contributed by atoms with Gasteiger partial charge in [-0.2, -0.15) is 0 Å². The average molecular weight is 287 g/mol. The number of carbonyl (C=O) groups is 1. The number of benzene rings is 1. The van der Waals surface area contributed by atoms with Crippen molar-refractivity contribution < 1.29 is 9.32 Å². The molecule has 0 bridgehead atoms. The molecule has 0 spiro atoms. The molecule has 5 nitrogen and oxygen atoms in total. The number of aromatic nitrogens is 2. The van der Waals surface area contributed by atoms with Crippen LogP contribution in [0.25, 0.3) is 10.2 Å². The van der Waals surface area contributed by atoms with Crippen LogP contribution in [0.5, 0.6) is 0 Å². The van der Waals surface area contributed by atoms with E-state index < -0.39 is 0 Å². The Kier molecular flexibility index (Phi) is 3.23. The summed E-state index contributed by atoms with van der Waals surface area (Å²) in [4.78, 5) is 16.4. The molecule has 2 aromatic heterocycles. The van der Waals surface area contributed by atoms with Gasteiger partial charge in [-0.25, -0.2) is 4.98 Å². The number of hydrogen-bond acceptors (Lipinski definition) is 5. The third-order valence-corrected chi connectivity index (χ3v) is 3.97. The van der Waals surface area contributed by atoms with Crippen molar-refractivity contribution in [2.45, 2.75) is 20.3 Å². The largest absolute Gasteiger partial charge is 0.338 e. The monoisotopic (exact) mass is 287 g/mol. The summed E-state index contributed by atoms with van der Waals surface area (Å²) in [5, 5.41) is 6.68. The second-order valence-corrected chi connectivity index (χ2v) is 5.31. The molecule has 2 heterocycles. The molecule has 6 heteroatoms. The van der Waals surface area contributed by atoms with E-state index in [-0.39, 0.29) is 5.91 Å². The minimum absolute atomic E-state index is 0.206. The van der Waals surface area contributed by atoms with Crippen molar-refractivity contribution in [2.24, 2.45) is 0 Å². The van der Waals surface area contributed by atoms with E-state index in [0.717, 1.165) is 27.9 Å². The van der Waals surface area contributed by atoms with Gasteiger partial charge in [0.25, 0.3) is 5.91 Å². The second kappa shape index (κ2) is 5.05. The zero-order chi connectivity index (χ0) is 14.1. The normalized spacial score (nSPS) is 10.9. The molecule has 102 valence electrons. The number of nitrogens with one attached hydrogen (secondary N) is 1. The van der Waals surface area contributed by atoms with E-state index >= 15 is 0 Å². The van der Waals surface area contributed by atoms with E-state index in [4.69, 9.17) is 4.52 Å². The first-order chi connectivity index (χ1) is 9.69. The van der Waals surface area contributed by atoms with Crippen LogP contribution in [0.2, 0.25) is 0 Å². The lowest BCUT2D eigenvalue weighted by molar-refractivity contribution is 0.102. The molecule has 0 saturated carbocycles. The van der Waals surface area contributed by atoms with E-state index in [1.54, 1.807) is 11.6 Å². The third kappa shape index (κ3) is 2.18. The highest BCUT2D eigenvalue weighted by Crippen LogP contribution is 2.22. The van der Waals surface area contributed by atoms with Crippen LogP contribution in [-0.4, -0.2) is 16.0 Å². The van der Waals surface area contributed by atoms with E-state index in [1.807, 2.05) is 26.0 Å². The van der Waals surface area contributed by atoms with E-state index in [9.17, 15) is 4.79 Å². The smallest absolute Gasteiger partial charge is 0.258 e. The SMILES string of the molecule is CCc1noc(NC(=O)c2ccc3ncsc3c2)c1C. The molecular weight excluding hydrogens is 274 g/mol. The number of rotatable bonds is 3. The van der Waals surface area contributed by atoms with Gasteiger partial charge in [-0.05, 0) is 31.5 Å². The zero-order valence-electron chi connectivity index (χ0n) is 11.1. The van der Waals surface area contributed by atoms with E-state index in [1.165, 1.54) is 11.3 Å². The lowest BCUT2D eigenvalue weighted by Gasteiger charge is -2.02. The Bertz CT molecular complexity index is 776. The molecule has 0 aliphatic rings. The molecule has 20 heavy (non-hydrogen) atoms. The Labute approximate surface area is 119 Å². The van der Waals surface area contributed by atoms with Gasteiger partial charge in [-0.15, -0.1) is 11.3 Å². The summed E-state index contributed by atoms with van der Waals surface area (Å²) >= 11 is 1.51. The number of amides is 1. The molecule has 1 N–H and O–H groups in total. The molecule has 3 rings (SSSR count). The summed E-state index contributed by atoms with van der Waals surface area (Å²) in [5.74, 6) is 0.207. The molecule has 0 fully saturated rings. The fraction of sp³-hybridized carbons (Fsp3) is 0.214. The van der Waals surface area contributed by atoms with Crippen LogP contribution < -0.4 is 5.32 Å². The summed E-state index contributed by atoms with van der Waals surface area (Å²) in [6.45, 7) is 3.88. The zero-order valence-corrected chi connectivity index (χ0v) is 12.0. The maximum atomic E-state index is 12.2. The molecule has 1 aromatic carbocycles. The van der Waals surface area contributed by atoms with Crippen LogP contribution in [0.4, 0.5) is 5.88 Å². The Morgan fingerprint density at radius 3 is 3.05 bits per heavy atom. The Hall–Kier alpha value is -2.21. The van der Waals surface area contributed by atoms with Crippen molar-refractivity contribution in [2.75, 3.05) is 5.32 Å². The molecule has 0 saturated heterocycles. The van der Waals surface area contributed by atoms with Gasteiger partial charge in [0.05, 0.1) is 21.4 Å². The molecule has 0 unspecified atom stereocenters. The minimum Gasteiger partial charge on any atom is -0.338 e. The van der Waals surface area contributed by atoms with Crippen LogP contribution >= 0.6 is 11.3 Å². The summed E-state index contributed by atoms with van der Waals surface area (Å²) < 4.78 is 6.15. The Morgan fingerprint density at radius 1 is 1.45 bits per heavy atom. The lowest BCUT2D eigenvalue weighted by Crippen LogP contribution is -2.11. The number of aryl methyl sites for hydroxylation is 1. The first-order valence-electron chi connectivity index (χ1n) is 6.28. The van der Waals surface area contributed by atoms with Crippen molar-refractivity contribution >= 4 is 33.3 Å². The Balaban J connectivity index is 1.86. The number of thiazole rings is 1. The van der Waals surface area contributed by atoms with Gasteiger partial charge in [0.2, 0.25) is 5.88 Å². The quantitative estimate of drug-likeness (QED) is 0.801. The molecule has 3 aromatic rings. The molecule has 0 aliphatic heterocycles. The maximum absolute atomic E-state index is 12.2. The van der Waals surface area contributed by atoms with E-state index in [0.29, 0.717) is 11.4 Å². The van der Waals surface area contributed by atoms with Crippen molar-refractivity contribution in [3.63, 3.8) is 0 Å². The summed E-state index contributed by atoms with van der Waals surface area (Å²) in [6, 6.07) is 5.42. The number of fused-ring (bicyclic) bond motifs is 1. The molecular formula is C14H13N3O2S. The number of hydrogen-bond donors (Lipinski definition) is 1. The molecule has 0 radical (unpaired) electrons. The van der Waals surface area contributed by atoms with Crippen molar-refractivity contribution in [1.82, 2.24) is 10.1 Å². The van der Waals surface area contributed by atoms with Crippen molar-refractivity contribution in [1.29, 1.82) is 0 Å². The van der Waals surface area contributed by atoms with Crippen LogP contribution in [0.15, 0.2) is 28.2 Å². The van der Waals surface area contributed by atoms with Gasteiger partial charge in [-0.3, -0.25) is 10.1 Å². The van der Waals surface area contributed by atoms with Gasteiger partial charge in [-0.1, -0.05) is 12.1 Å². The average Bonchev–Trinajstić information content (AvgIpc) is 3.05. The van der Waals surface area contributed by atoms with Crippen LogP contribution in [0.1, 0.15) is 28.5 Å². The van der Waals surface area contributed by atoms with Crippen LogP contribution in [-0.2, 0) is 6.42 Å². The minimum atomic E-state index is -0.206. The van der Waals surface area contributed by atoms with E-state index in [2.05, 4.69) is 15.5 Å². The predicted molar refractivity (Wildman–Crippen MR) is 78.2 cm³/mol. The molecule has 1 amide bonds. The van der Waals surface area contributed by atoms with Gasteiger partial charge >= 0.3 is 0 Å². The lowest BCUT2D eigenvalue weighted by atomic mass is 10.2. The van der Waals surface area contributed by atoms with Crippen molar-refractivity contribution in [3.05, 3.63) is 40.5 Å². The summed E-state index contributed by atoms with van der Waals surface area (Å²) in [7, 11) is 0. The highest BCUT2D eigenvalue weighted by atomic mass is 32.1. The molecule has 0 atom stereocenters. The van der Waals surface area contributed by atoms with Gasteiger partial charge in [0.15, 0.2) is 0 Å². The second-order valence-electron chi connectivity index (χ2n) is 4.43. The molecule has 0 aliphatic carbocycles. The first kappa shape index (κ1) is 12.8. The van der Waals surface area contributed by atoms with Gasteiger partial charge < -0.3 is 4.52 Å². The number of anilines is 1. The van der Waals surface area contributed by atoms with Gasteiger partial charge in [0, 0.05) is 11.1 Å². The summed E-state index contributed by atoms with van der Waals surface area (Å²) in [6.07, 6.45) is 0.776. The standard InChI is InChI=1S/C14H13N3O2S/c1-3-10-8(2)14(19-17-10)16-13(18)9-4-5-11-12(6-9)20-7-15-11/h4-7H,3H2,1-2H3,(H,16,18). The van der Waals surface area contributed by atoms with Crippen LogP contribution in [0, 0.1) is 6.92 Å². The fourth-order valence-electron chi connectivity index (χ4n) is 1.99. The van der Waals surface area contributed by atoms with Crippen LogP contribution in [0.3, 0.4) is 0 Å². The predicted octanol–water partition coefficient (Wildman–Crippen LogP) is 3.41. The van der Waals surface area contributed by atoms with Crippen molar-refractivity contribution in [3.8, 4) is 0 Å². The first-order valence-corrected chi connectivity index (χ1v) is 7.16. The summed E-state index contributed by atoms with van der Waals surface area (Å²) in [5.41, 5.74) is 4.98. The maximum Gasteiger partial charge on any atom is 0.258 e. The highest BCUT2D eigenvalue weighted by molar-refractivity contribution is 7.16. The topological polar surface area (TPSA) is 68.0 Å².